The van der Waals surface area contributed by atoms with Gasteiger partial charge in [-0.2, -0.15) is 0 Å². The van der Waals surface area contributed by atoms with Crippen molar-refractivity contribution in [2.24, 2.45) is 11.8 Å². The summed E-state index contributed by atoms with van der Waals surface area (Å²) in [7, 11) is 1.17. The summed E-state index contributed by atoms with van der Waals surface area (Å²) < 4.78 is 8.76. The molecule has 8 nitrogen and oxygen atoms in total. The first-order valence-electron chi connectivity index (χ1n) is 7.47. The summed E-state index contributed by atoms with van der Waals surface area (Å²) in [5.74, 6) is -1.89. The molecule has 0 aliphatic heterocycles. The highest BCUT2D eigenvalue weighted by molar-refractivity contribution is 5.75. The number of aliphatic hydroxyl groups is 4. The molecular formula is C15H30O8. The molecule has 8 heteroatoms. The SMILES string of the molecule is CCOC(=O)C(O)C(O)C(C)C.COC(=O)C(O)C(O)C(C)C. The first-order valence-corrected chi connectivity index (χ1v) is 7.47. The Morgan fingerprint density at radius 3 is 1.43 bits per heavy atom. The predicted octanol–water partition coefficient (Wildman–Crippen LogP) is -0.536. The number of hydrogen-bond acceptors (Lipinski definition) is 8. The molecule has 0 aromatic carbocycles. The minimum atomic E-state index is -1.43. The van der Waals surface area contributed by atoms with Gasteiger partial charge in [-0.3, -0.25) is 0 Å². The lowest BCUT2D eigenvalue weighted by Crippen LogP contribution is -2.38. The highest BCUT2D eigenvalue weighted by atomic mass is 16.5. The smallest absolute Gasteiger partial charge is 0.337 e. The summed E-state index contributed by atoms with van der Waals surface area (Å²) >= 11 is 0. The Kier molecular flexibility index (Phi) is 12.8. The van der Waals surface area contributed by atoms with Gasteiger partial charge in [-0.05, 0) is 18.8 Å². The lowest BCUT2D eigenvalue weighted by Gasteiger charge is -2.18. The summed E-state index contributed by atoms with van der Waals surface area (Å²) in [5, 5.41) is 36.6. The number of aliphatic hydroxyl groups excluding tert-OH is 4. The van der Waals surface area contributed by atoms with Crippen LogP contribution in [0.2, 0.25) is 0 Å². The molecule has 0 aliphatic rings. The van der Waals surface area contributed by atoms with Crippen molar-refractivity contribution in [3.8, 4) is 0 Å². The van der Waals surface area contributed by atoms with Gasteiger partial charge in [0.1, 0.15) is 0 Å². The number of methoxy groups -OCH3 is 1. The van der Waals surface area contributed by atoms with E-state index in [9.17, 15) is 14.7 Å². The fourth-order valence-corrected chi connectivity index (χ4v) is 1.36. The molecule has 0 aliphatic carbocycles. The van der Waals surface area contributed by atoms with Crippen LogP contribution in [0.4, 0.5) is 0 Å². The third-order valence-corrected chi connectivity index (χ3v) is 2.98. The number of carbonyl (C=O) groups is 2. The molecule has 4 atom stereocenters. The topological polar surface area (TPSA) is 134 Å². The zero-order valence-corrected chi connectivity index (χ0v) is 14.6. The van der Waals surface area contributed by atoms with E-state index in [1.807, 2.05) is 0 Å². The van der Waals surface area contributed by atoms with Crippen molar-refractivity contribution in [1.29, 1.82) is 0 Å². The van der Waals surface area contributed by atoms with E-state index in [-0.39, 0.29) is 18.4 Å². The Hall–Kier alpha value is -1.22. The number of carbonyl (C=O) groups excluding carboxylic acids is 2. The van der Waals surface area contributed by atoms with E-state index < -0.39 is 36.4 Å². The van der Waals surface area contributed by atoms with Crippen LogP contribution in [-0.4, -0.2) is 70.5 Å². The lowest BCUT2D eigenvalue weighted by molar-refractivity contribution is -0.161. The molecule has 0 heterocycles. The van der Waals surface area contributed by atoms with E-state index in [0.29, 0.717) is 0 Å². The van der Waals surface area contributed by atoms with E-state index in [4.69, 9.17) is 15.3 Å². The van der Waals surface area contributed by atoms with Crippen molar-refractivity contribution in [1.82, 2.24) is 0 Å². The molecule has 4 N–H and O–H groups in total. The number of ether oxygens (including phenoxy) is 2. The summed E-state index contributed by atoms with van der Waals surface area (Å²) in [6.07, 6.45) is -4.96. The predicted molar refractivity (Wildman–Crippen MR) is 82.4 cm³/mol. The highest BCUT2D eigenvalue weighted by Crippen LogP contribution is 2.07. The van der Waals surface area contributed by atoms with Gasteiger partial charge in [-0.25, -0.2) is 9.59 Å². The van der Waals surface area contributed by atoms with Crippen LogP contribution in [0.15, 0.2) is 0 Å². The number of esters is 2. The molecule has 0 bridgehead atoms. The maximum absolute atomic E-state index is 10.9. The standard InChI is InChI=1S/C8H16O4.C7H14O4/c1-4-12-8(11)7(10)6(9)5(2)3;1-4(2)5(8)6(9)7(10)11-3/h5-7,9-10H,4H2,1-3H3;4-6,8-9H,1-3H3. The van der Waals surface area contributed by atoms with Gasteiger partial charge < -0.3 is 29.9 Å². The van der Waals surface area contributed by atoms with Gasteiger partial charge in [0.25, 0.3) is 0 Å². The third kappa shape index (κ3) is 9.50. The van der Waals surface area contributed by atoms with Gasteiger partial charge in [0, 0.05) is 0 Å². The minimum absolute atomic E-state index is 0.163. The van der Waals surface area contributed by atoms with Crippen LogP contribution in [0, 0.1) is 11.8 Å². The van der Waals surface area contributed by atoms with Gasteiger partial charge in [0.05, 0.1) is 25.9 Å². The van der Waals surface area contributed by atoms with Crippen LogP contribution < -0.4 is 0 Å². The van der Waals surface area contributed by atoms with E-state index in [2.05, 4.69) is 9.47 Å². The normalized spacial score (nSPS) is 16.0. The molecule has 23 heavy (non-hydrogen) atoms. The molecule has 0 amide bonds. The number of rotatable bonds is 7. The van der Waals surface area contributed by atoms with Crippen LogP contribution in [0.1, 0.15) is 34.6 Å². The largest absolute Gasteiger partial charge is 0.467 e. The van der Waals surface area contributed by atoms with Crippen LogP contribution in [0.5, 0.6) is 0 Å². The average molecular weight is 338 g/mol. The number of hydrogen-bond donors (Lipinski definition) is 4. The Morgan fingerprint density at radius 2 is 1.17 bits per heavy atom. The van der Waals surface area contributed by atoms with Gasteiger partial charge in [-0.15, -0.1) is 0 Å². The summed E-state index contributed by atoms with van der Waals surface area (Å²) in [5.41, 5.74) is 0. The molecule has 0 radical (unpaired) electrons. The van der Waals surface area contributed by atoms with E-state index in [0.717, 1.165) is 0 Å². The first kappa shape index (κ1) is 24.0. The molecule has 0 rings (SSSR count). The van der Waals surface area contributed by atoms with Gasteiger partial charge >= 0.3 is 11.9 Å². The summed E-state index contributed by atoms with van der Waals surface area (Å²) in [6.45, 7) is 8.70. The van der Waals surface area contributed by atoms with Crippen molar-refractivity contribution in [2.45, 2.75) is 59.0 Å². The maximum atomic E-state index is 10.9. The third-order valence-electron chi connectivity index (χ3n) is 2.98. The second-order valence-corrected chi connectivity index (χ2v) is 5.63. The highest BCUT2D eigenvalue weighted by Gasteiger charge is 2.28. The first-order chi connectivity index (χ1) is 10.5. The Bertz CT molecular complexity index is 342. The van der Waals surface area contributed by atoms with E-state index in [1.54, 1.807) is 34.6 Å². The molecule has 0 aromatic rings. The van der Waals surface area contributed by atoms with Crippen LogP contribution >= 0.6 is 0 Å². The van der Waals surface area contributed by atoms with Crippen molar-refractivity contribution in [3.63, 3.8) is 0 Å². The Morgan fingerprint density at radius 1 is 0.826 bits per heavy atom. The van der Waals surface area contributed by atoms with E-state index in [1.165, 1.54) is 7.11 Å². The molecule has 0 spiro atoms. The second-order valence-electron chi connectivity index (χ2n) is 5.63. The molecule has 0 saturated carbocycles. The van der Waals surface area contributed by atoms with Crippen molar-refractivity contribution < 1.29 is 39.5 Å². The molecule has 138 valence electrons. The molecule has 0 saturated heterocycles. The fraction of sp³-hybridized carbons (Fsp3) is 0.867. The van der Waals surface area contributed by atoms with Gasteiger partial charge in [0.2, 0.25) is 0 Å². The Balaban J connectivity index is 0. The monoisotopic (exact) mass is 338 g/mol. The van der Waals surface area contributed by atoms with E-state index >= 15 is 0 Å². The van der Waals surface area contributed by atoms with Crippen LogP contribution in [0.3, 0.4) is 0 Å². The van der Waals surface area contributed by atoms with Crippen molar-refractivity contribution in [3.05, 3.63) is 0 Å². The zero-order chi connectivity index (χ0) is 18.7. The average Bonchev–Trinajstić information content (AvgIpc) is 2.51. The van der Waals surface area contributed by atoms with Crippen LogP contribution in [0.25, 0.3) is 0 Å². The molecule has 0 aromatic heterocycles. The maximum Gasteiger partial charge on any atom is 0.337 e. The van der Waals surface area contributed by atoms with Gasteiger partial charge in [-0.1, -0.05) is 27.7 Å². The van der Waals surface area contributed by atoms with Crippen LogP contribution in [-0.2, 0) is 19.1 Å². The zero-order valence-electron chi connectivity index (χ0n) is 14.6. The summed E-state index contributed by atoms with van der Waals surface area (Å²) in [6, 6.07) is 0. The summed E-state index contributed by atoms with van der Waals surface area (Å²) in [4.78, 5) is 21.5. The quantitative estimate of drug-likeness (QED) is 0.455. The lowest BCUT2D eigenvalue weighted by atomic mass is 10.0. The molecule has 0 fully saturated rings. The Labute approximate surface area is 137 Å². The van der Waals surface area contributed by atoms with Crippen molar-refractivity contribution in [2.75, 3.05) is 13.7 Å². The van der Waals surface area contributed by atoms with Gasteiger partial charge in [0.15, 0.2) is 12.2 Å². The minimum Gasteiger partial charge on any atom is -0.467 e. The molecule has 4 unspecified atom stereocenters. The van der Waals surface area contributed by atoms with Crippen molar-refractivity contribution >= 4 is 11.9 Å². The second kappa shape index (κ2) is 12.2. The fourth-order valence-electron chi connectivity index (χ4n) is 1.36. The molecular weight excluding hydrogens is 308 g/mol.